The van der Waals surface area contributed by atoms with E-state index < -0.39 is 0 Å². The van der Waals surface area contributed by atoms with E-state index in [1.165, 1.54) is 28.7 Å². The lowest BCUT2D eigenvalue weighted by atomic mass is 9.57. The molecule has 3 rings (SSSR count). The number of hydrogen-bond acceptors (Lipinski definition) is 2. The van der Waals surface area contributed by atoms with Crippen LogP contribution in [0.5, 0.6) is 0 Å². The third kappa shape index (κ3) is 2.33. The molecule has 0 amide bonds. The molecule has 3 atom stereocenters. The van der Waals surface area contributed by atoms with E-state index in [9.17, 15) is 0 Å². The van der Waals surface area contributed by atoms with Gasteiger partial charge in [0.2, 0.25) is 0 Å². The molecule has 0 N–H and O–H groups in total. The Morgan fingerprint density at radius 2 is 1.81 bits per heavy atom. The van der Waals surface area contributed by atoms with Gasteiger partial charge < -0.3 is 4.74 Å². The summed E-state index contributed by atoms with van der Waals surface area (Å²) in [4.78, 5) is 2.57. The van der Waals surface area contributed by atoms with Crippen molar-refractivity contribution in [2.45, 2.75) is 59.7 Å². The number of rotatable bonds is 3. The van der Waals surface area contributed by atoms with Crippen molar-refractivity contribution in [3.63, 3.8) is 0 Å². The Hall–Kier alpha value is -0.860. The molecule has 2 fully saturated rings. The van der Waals surface area contributed by atoms with Crippen molar-refractivity contribution >= 4 is 0 Å². The van der Waals surface area contributed by atoms with Gasteiger partial charge in [-0.25, -0.2) is 0 Å². The summed E-state index contributed by atoms with van der Waals surface area (Å²) < 4.78 is 5.93. The maximum Gasteiger partial charge on any atom is 0.0685 e. The van der Waals surface area contributed by atoms with E-state index in [0.717, 1.165) is 19.1 Å². The van der Waals surface area contributed by atoms with Crippen LogP contribution in [0.3, 0.4) is 0 Å². The molecule has 1 aliphatic heterocycles. The Labute approximate surface area is 129 Å². The van der Waals surface area contributed by atoms with Gasteiger partial charge in [0.05, 0.1) is 6.10 Å². The maximum absolute atomic E-state index is 5.93. The normalized spacial score (nSPS) is 30.3. The summed E-state index contributed by atoms with van der Waals surface area (Å²) in [5.74, 6) is 0.732. The molecule has 1 saturated heterocycles. The van der Waals surface area contributed by atoms with Gasteiger partial charge in [-0.1, -0.05) is 31.5 Å². The molecule has 2 heteroatoms. The van der Waals surface area contributed by atoms with E-state index in [0.29, 0.717) is 12.1 Å². The van der Waals surface area contributed by atoms with Crippen LogP contribution in [0, 0.1) is 32.1 Å². The number of hydrogen-bond donors (Lipinski definition) is 0. The topological polar surface area (TPSA) is 12.5 Å². The van der Waals surface area contributed by atoms with E-state index in [1.807, 2.05) is 0 Å². The molecule has 1 heterocycles. The quantitative estimate of drug-likeness (QED) is 0.837. The highest BCUT2D eigenvalue weighted by Gasteiger charge is 2.60. The van der Waals surface area contributed by atoms with Gasteiger partial charge in [-0.3, -0.25) is 4.90 Å². The van der Waals surface area contributed by atoms with Gasteiger partial charge in [0.15, 0.2) is 0 Å². The Balaban J connectivity index is 1.80. The fourth-order valence-corrected chi connectivity index (χ4v) is 5.00. The highest BCUT2D eigenvalue weighted by Crippen LogP contribution is 2.54. The summed E-state index contributed by atoms with van der Waals surface area (Å²) in [5, 5.41) is 0. The summed E-state index contributed by atoms with van der Waals surface area (Å²) in [6, 6.07) is 5.26. The average molecular weight is 287 g/mol. The largest absolute Gasteiger partial charge is 0.377 e. The Morgan fingerprint density at radius 1 is 1.19 bits per heavy atom. The SMILES string of the molecule is Cc1cc(C)c(CN(C)C2C3CCOC3C2(C)C)c(C)c1. The molecule has 1 aromatic rings. The van der Waals surface area contributed by atoms with Gasteiger partial charge in [-0.05, 0) is 50.9 Å². The first-order valence-corrected chi connectivity index (χ1v) is 8.21. The maximum atomic E-state index is 5.93. The molecule has 1 aromatic carbocycles. The lowest BCUT2D eigenvalue weighted by Crippen LogP contribution is -2.65. The molecule has 2 aliphatic rings. The Morgan fingerprint density at radius 3 is 2.43 bits per heavy atom. The summed E-state index contributed by atoms with van der Waals surface area (Å²) in [6.07, 6.45) is 1.71. The van der Waals surface area contributed by atoms with Crippen molar-refractivity contribution in [2.75, 3.05) is 13.7 Å². The first kappa shape index (κ1) is 15.1. The molecule has 21 heavy (non-hydrogen) atoms. The molecular formula is C19H29NO. The predicted octanol–water partition coefficient (Wildman–Crippen LogP) is 3.86. The third-order valence-corrected chi connectivity index (χ3v) is 5.76. The molecule has 1 aliphatic carbocycles. The van der Waals surface area contributed by atoms with Crippen molar-refractivity contribution in [3.05, 3.63) is 34.4 Å². The summed E-state index contributed by atoms with van der Waals surface area (Å²) in [5.41, 5.74) is 6.00. The third-order valence-electron chi connectivity index (χ3n) is 5.76. The zero-order valence-electron chi connectivity index (χ0n) is 14.4. The van der Waals surface area contributed by atoms with Crippen molar-refractivity contribution in [1.82, 2.24) is 4.90 Å². The number of fused-ring (bicyclic) bond motifs is 1. The number of ether oxygens (including phenoxy) is 1. The molecule has 0 aromatic heterocycles. The van der Waals surface area contributed by atoms with Crippen LogP contribution in [-0.4, -0.2) is 30.7 Å². The van der Waals surface area contributed by atoms with E-state index in [-0.39, 0.29) is 5.41 Å². The van der Waals surface area contributed by atoms with Crippen molar-refractivity contribution in [1.29, 1.82) is 0 Å². The molecule has 3 unspecified atom stereocenters. The minimum atomic E-state index is 0.280. The molecule has 0 spiro atoms. The van der Waals surface area contributed by atoms with E-state index >= 15 is 0 Å². The second kappa shape index (κ2) is 5.10. The summed E-state index contributed by atoms with van der Waals surface area (Å²) in [6.45, 7) is 13.4. The second-order valence-electron chi connectivity index (χ2n) is 7.80. The fraction of sp³-hybridized carbons (Fsp3) is 0.684. The molecule has 2 nitrogen and oxygen atoms in total. The lowest BCUT2D eigenvalue weighted by Gasteiger charge is -2.58. The Bertz CT molecular complexity index is 525. The molecule has 0 radical (unpaired) electrons. The van der Waals surface area contributed by atoms with Crippen molar-refractivity contribution < 1.29 is 4.74 Å². The van der Waals surface area contributed by atoms with Gasteiger partial charge in [-0.15, -0.1) is 0 Å². The van der Waals surface area contributed by atoms with Crippen LogP contribution in [0.4, 0.5) is 0 Å². The molecule has 116 valence electrons. The van der Waals surface area contributed by atoms with Crippen LogP contribution in [0.2, 0.25) is 0 Å². The van der Waals surface area contributed by atoms with E-state index in [1.54, 1.807) is 0 Å². The van der Waals surface area contributed by atoms with Crippen LogP contribution >= 0.6 is 0 Å². The molecular weight excluding hydrogens is 258 g/mol. The van der Waals surface area contributed by atoms with Crippen LogP contribution in [0.15, 0.2) is 12.1 Å². The van der Waals surface area contributed by atoms with Crippen LogP contribution in [0.1, 0.15) is 42.5 Å². The van der Waals surface area contributed by atoms with E-state index in [4.69, 9.17) is 4.74 Å². The standard InChI is InChI=1S/C19H29NO/c1-12-9-13(2)16(14(3)10-12)11-20(6)17-15-7-8-21-18(15)19(17,4)5/h9-10,15,17-18H,7-8,11H2,1-6H3. The lowest BCUT2D eigenvalue weighted by molar-refractivity contribution is -0.151. The van der Waals surface area contributed by atoms with Crippen molar-refractivity contribution in [3.8, 4) is 0 Å². The van der Waals surface area contributed by atoms with Crippen LogP contribution in [-0.2, 0) is 11.3 Å². The van der Waals surface area contributed by atoms with E-state index in [2.05, 4.69) is 58.7 Å². The monoisotopic (exact) mass is 287 g/mol. The molecule has 0 bridgehead atoms. The number of benzene rings is 1. The molecule has 1 saturated carbocycles. The highest BCUT2D eigenvalue weighted by molar-refractivity contribution is 5.37. The van der Waals surface area contributed by atoms with Gasteiger partial charge in [0.25, 0.3) is 0 Å². The minimum absolute atomic E-state index is 0.280. The zero-order valence-corrected chi connectivity index (χ0v) is 14.4. The smallest absolute Gasteiger partial charge is 0.0685 e. The van der Waals surface area contributed by atoms with Gasteiger partial charge in [0, 0.05) is 30.5 Å². The van der Waals surface area contributed by atoms with Gasteiger partial charge in [-0.2, -0.15) is 0 Å². The summed E-state index contributed by atoms with van der Waals surface area (Å²) in [7, 11) is 2.29. The average Bonchev–Trinajstić information content (AvgIpc) is 2.79. The minimum Gasteiger partial charge on any atom is -0.377 e. The van der Waals surface area contributed by atoms with Gasteiger partial charge >= 0.3 is 0 Å². The van der Waals surface area contributed by atoms with Crippen molar-refractivity contribution in [2.24, 2.45) is 11.3 Å². The van der Waals surface area contributed by atoms with Crippen LogP contribution < -0.4 is 0 Å². The first-order valence-electron chi connectivity index (χ1n) is 8.21. The zero-order chi connectivity index (χ0) is 15.4. The number of aryl methyl sites for hydroxylation is 3. The number of nitrogens with zero attached hydrogens (tertiary/aromatic N) is 1. The fourth-order valence-electron chi connectivity index (χ4n) is 5.00. The highest BCUT2D eigenvalue weighted by atomic mass is 16.5. The predicted molar refractivity (Wildman–Crippen MR) is 87.5 cm³/mol. The first-order chi connectivity index (χ1) is 9.82. The Kier molecular flexibility index (Phi) is 3.66. The van der Waals surface area contributed by atoms with Crippen LogP contribution in [0.25, 0.3) is 0 Å². The van der Waals surface area contributed by atoms with Gasteiger partial charge in [0.1, 0.15) is 0 Å². The second-order valence-corrected chi connectivity index (χ2v) is 7.80. The summed E-state index contributed by atoms with van der Waals surface area (Å²) >= 11 is 0.